The monoisotopic (exact) mass is 1100 g/mol. The molecule has 0 bridgehead atoms. The van der Waals surface area contributed by atoms with Crippen molar-refractivity contribution in [3.63, 3.8) is 0 Å². The van der Waals surface area contributed by atoms with E-state index in [0.717, 1.165) is 0 Å². The van der Waals surface area contributed by atoms with E-state index < -0.39 is 0 Å². The van der Waals surface area contributed by atoms with Crippen molar-refractivity contribution in [1.82, 2.24) is 0 Å². The van der Waals surface area contributed by atoms with Gasteiger partial charge < -0.3 is 0 Å². The predicted molar refractivity (Wildman–Crippen MR) is 366 cm³/mol. The van der Waals surface area contributed by atoms with Crippen LogP contribution in [0.5, 0.6) is 0 Å². The van der Waals surface area contributed by atoms with Gasteiger partial charge in [0, 0.05) is 16.2 Å². The fourth-order valence-corrected chi connectivity index (χ4v) is 17.0. The maximum absolute atomic E-state index is 2.62. The summed E-state index contributed by atoms with van der Waals surface area (Å²) in [6, 6.07) is 85.6. The Morgan fingerprint density at radius 3 is 0.729 bits per heavy atom. The van der Waals surface area contributed by atoms with Gasteiger partial charge in [0.1, 0.15) is 0 Å². The molecule has 85 heavy (non-hydrogen) atoms. The minimum atomic E-state index is -0.248. The van der Waals surface area contributed by atoms with E-state index in [1.54, 1.807) is 0 Å². The van der Waals surface area contributed by atoms with Gasteiger partial charge in [-0.25, -0.2) is 0 Å². The van der Waals surface area contributed by atoms with Crippen molar-refractivity contribution >= 4 is 43.1 Å². The largest absolute Gasteiger partial charge is 0.0654 e. The first kappa shape index (κ1) is 53.4. The van der Waals surface area contributed by atoms with Crippen molar-refractivity contribution in [2.75, 3.05) is 0 Å². The lowest BCUT2D eigenvalue weighted by atomic mass is 9.70. The van der Waals surface area contributed by atoms with Gasteiger partial charge in [-0.05, 0) is 204 Å². The third-order valence-corrected chi connectivity index (χ3v) is 21.1. The van der Waals surface area contributed by atoms with Gasteiger partial charge in [-0.3, -0.25) is 0 Å². The second-order valence-electron chi connectivity index (χ2n) is 26.0. The van der Waals surface area contributed by atoms with Gasteiger partial charge in [0.25, 0.3) is 0 Å². The van der Waals surface area contributed by atoms with Crippen LogP contribution >= 0.6 is 0 Å². The van der Waals surface area contributed by atoms with E-state index in [4.69, 9.17) is 0 Å². The molecule has 0 saturated carbocycles. The summed E-state index contributed by atoms with van der Waals surface area (Å²) in [5, 5.41) is 10.5. The molecule has 0 radical (unpaired) electrons. The van der Waals surface area contributed by atoms with Crippen molar-refractivity contribution in [3.8, 4) is 77.9 Å². The Morgan fingerprint density at radius 2 is 0.459 bits per heavy atom. The molecule has 0 spiro atoms. The van der Waals surface area contributed by atoms with E-state index in [-0.39, 0.29) is 16.2 Å². The van der Waals surface area contributed by atoms with E-state index >= 15 is 0 Å². The lowest BCUT2D eigenvalue weighted by Gasteiger charge is -2.33. The van der Waals surface area contributed by atoms with Crippen LogP contribution in [0.2, 0.25) is 0 Å². The normalized spacial score (nSPS) is 14.6. The zero-order chi connectivity index (χ0) is 57.6. The fraction of sp³-hybridized carbons (Fsp3) is 0.247. The maximum Gasteiger partial charge on any atom is 0.0215 e. The zero-order valence-corrected chi connectivity index (χ0v) is 50.8. The molecule has 0 unspecified atom stereocenters. The van der Waals surface area contributed by atoms with Crippen LogP contribution in [0.1, 0.15) is 152 Å². The van der Waals surface area contributed by atoms with Gasteiger partial charge in [-0.15, -0.1) is 0 Å². The molecule has 0 atom stereocenters. The first-order valence-corrected chi connectivity index (χ1v) is 32.4. The standard InChI is InChI=1S/C85H78/c1-7-11-47-84(48-12-8-2)73-37-25-23-27-59(73)63-45-41-57(53-77(63)84)81-69-33-19-15-29-65(69)79(66-30-16-20-34-70(66)81)55-39-43-61-62-44-40-56(52-76(62)83(5,6)75(61)51-55)80-67-31-17-21-35-71(67)82(72-36-22-18-32-68(72)80)58-42-46-64-60-28-24-26-38-74(60)85(49-13-9-3,50-14-10-4)78(64)54-58/h15-46,51-54H,7-14,47-50H2,1-6H3. The molecule has 12 aromatic carbocycles. The molecule has 0 fully saturated rings. The van der Waals surface area contributed by atoms with Gasteiger partial charge in [-0.2, -0.15) is 0 Å². The Hall–Kier alpha value is -8.32. The topological polar surface area (TPSA) is 0 Å². The van der Waals surface area contributed by atoms with E-state index in [9.17, 15) is 0 Å². The Labute approximate surface area is 504 Å². The predicted octanol–water partition coefficient (Wildman–Crippen LogP) is 24.6. The molecule has 0 N–H and O–H groups in total. The Morgan fingerprint density at radius 1 is 0.235 bits per heavy atom. The zero-order valence-electron chi connectivity index (χ0n) is 50.8. The number of fused-ring (bicyclic) bond motifs is 13. The maximum atomic E-state index is 2.62. The average molecular weight is 1100 g/mol. The number of hydrogen-bond acceptors (Lipinski definition) is 0. The van der Waals surface area contributed by atoms with Crippen LogP contribution < -0.4 is 0 Å². The van der Waals surface area contributed by atoms with Crippen LogP contribution in [-0.4, -0.2) is 0 Å². The summed E-state index contributed by atoms with van der Waals surface area (Å²) in [7, 11) is 0. The molecule has 0 heteroatoms. The Kier molecular flexibility index (Phi) is 13.2. The third kappa shape index (κ3) is 8.07. The molecule has 0 nitrogen and oxygen atoms in total. The second-order valence-corrected chi connectivity index (χ2v) is 26.0. The molecule has 0 aromatic heterocycles. The van der Waals surface area contributed by atoms with Crippen LogP contribution in [0.15, 0.2) is 218 Å². The quantitative estimate of drug-likeness (QED) is 0.0846. The van der Waals surface area contributed by atoms with Crippen LogP contribution in [0.4, 0.5) is 0 Å². The van der Waals surface area contributed by atoms with Gasteiger partial charge in [0.15, 0.2) is 0 Å². The first-order chi connectivity index (χ1) is 41.7. The van der Waals surface area contributed by atoms with Gasteiger partial charge in [0.2, 0.25) is 0 Å². The summed E-state index contributed by atoms with van der Waals surface area (Å²) in [6.07, 6.45) is 14.4. The molecule has 0 saturated heterocycles. The molecule has 15 rings (SSSR count). The summed E-state index contributed by atoms with van der Waals surface area (Å²) in [4.78, 5) is 0. The molecule has 12 aromatic rings. The molecular weight excluding hydrogens is 1020 g/mol. The molecule has 0 heterocycles. The minimum Gasteiger partial charge on any atom is -0.0654 e. The van der Waals surface area contributed by atoms with Crippen LogP contribution in [-0.2, 0) is 16.2 Å². The van der Waals surface area contributed by atoms with Gasteiger partial charge >= 0.3 is 0 Å². The molecular formula is C85H78. The summed E-state index contributed by atoms with van der Waals surface area (Å²) >= 11 is 0. The van der Waals surface area contributed by atoms with Crippen LogP contribution in [0, 0.1) is 0 Å². The highest BCUT2D eigenvalue weighted by molar-refractivity contribution is 6.23. The smallest absolute Gasteiger partial charge is 0.0215 e. The number of hydrogen-bond donors (Lipinski definition) is 0. The number of rotatable bonds is 16. The highest BCUT2D eigenvalue weighted by Gasteiger charge is 2.44. The number of benzene rings is 12. The summed E-state index contributed by atoms with van der Waals surface area (Å²) in [5.74, 6) is 0. The summed E-state index contributed by atoms with van der Waals surface area (Å²) in [5.41, 5.74) is 27.6. The lowest BCUT2D eigenvalue weighted by molar-refractivity contribution is 0.414. The van der Waals surface area contributed by atoms with Crippen molar-refractivity contribution in [3.05, 3.63) is 252 Å². The highest BCUT2D eigenvalue weighted by atomic mass is 14.5. The molecule has 3 aliphatic rings. The highest BCUT2D eigenvalue weighted by Crippen LogP contribution is 2.59. The Balaban J connectivity index is 0.844. The SMILES string of the molecule is CCCCC1(CCCC)c2ccccc2-c2ccc(-c3c4ccccc4c(-c4ccc5c(c4)C(C)(C)c4cc(-c6c7ccccc7c(-c7ccc8c(c7)C(CCCC)(CCCC)c7ccccc7-8)c7ccccc67)ccc4-5)c4ccccc34)cc21. The summed E-state index contributed by atoms with van der Waals surface area (Å²) < 4.78 is 0. The van der Waals surface area contributed by atoms with E-state index in [2.05, 4.69) is 260 Å². The third-order valence-electron chi connectivity index (χ3n) is 21.1. The van der Waals surface area contributed by atoms with Crippen molar-refractivity contribution in [1.29, 1.82) is 0 Å². The minimum absolute atomic E-state index is 0.0222. The molecule has 418 valence electrons. The van der Waals surface area contributed by atoms with E-state index in [0.29, 0.717) is 0 Å². The summed E-state index contributed by atoms with van der Waals surface area (Å²) in [6.45, 7) is 14.3. The lowest BCUT2D eigenvalue weighted by Crippen LogP contribution is -2.25. The van der Waals surface area contributed by atoms with Gasteiger partial charge in [0.05, 0.1) is 0 Å². The van der Waals surface area contributed by atoms with E-state index in [1.807, 2.05) is 0 Å². The van der Waals surface area contributed by atoms with Crippen molar-refractivity contribution < 1.29 is 0 Å². The number of unbranched alkanes of at least 4 members (excludes halogenated alkanes) is 4. The van der Waals surface area contributed by atoms with Crippen LogP contribution in [0.25, 0.3) is 121 Å². The fourth-order valence-electron chi connectivity index (χ4n) is 17.0. The molecule has 0 amide bonds. The van der Waals surface area contributed by atoms with E-state index in [1.165, 1.54) is 231 Å². The molecule has 0 aliphatic heterocycles. The van der Waals surface area contributed by atoms with Gasteiger partial charge in [-0.1, -0.05) is 287 Å². The first-order valence-electron chi connectivity index (χ1n) is 32.4. The molecule has 3 aliphatic carbocycles. The average Bonchev–Trinajstić information content (AvgIpc) is 1.84. The van der Waals surface area contributed by atoms with Crippen molar-refractivity contribution in [2.45, 2.75) is 135 Å². The Bertz CT molecular complexity index is 4210. The second kappa shape index (κ2) is 21.0. The van der Waals surface area contributed by atoms with Crippen LogP contribution in [0.3, 0.4) is 0 Å². The van der Waals surface area contributed by atoms with Crippen molar-refractivity contribution in [2.24, 2.45) is 0 Å².